The van der Waals surface area contributed by atoms with Crippen LogP contribution in [0.1, 0.15) is 37.8 Å². The van der Waals surface area contributed by atoms with Crippen LogP contribution in [0.25, 0.3) is 5.57 Å². The maximum atomic E-state index is 13.4. The van der Waals surface area contributed by atoms with Crippen molar-refractivity contribution in [3.63, 3.8) is 0 Å². The smallest absolute Gasteiger partial charge is 0.149 e. The SMILES string of the molecule is C/C(=C(\F)C(=O)[O-])c1ccc(N(C)C)c(C(C)C)c1. The minimum atomic E-state index is -1.78. The van der Waals surface area contributed by atoms with E-state index >= 15 is 0 Å². The van der Waals surface area contributed by atoms with Crippen LogP contribution < -0.4 is 10.0 Å². The summed E-state index contributed by atoms with van der Waals surface area (Å²) in [7, 11) is 3.87. The number of carboxylic acid groups (broad SMARTS) is 1. The van der Waals surface area contributed by atoms with Crippen molar-refractivity contribution >= 4 is 17.2 Å². The first-order chi connectivity index (χ1) is 8.75. The molecule has 1 aromatic carbocycles. The van der Waals surface area contributed by atoms with E-state index in [2.05, 4.69) is 0 Å². The van der Waals surface area contributed by atoms with Crippen LogP contribution in [0.5, 0.6) is 0 Å². The summed E-state index contributed by atoms with van der Waals surface area (Å²) in [4.78, 5) is 12.5. The van der Waals surface area contributed by atoms with Crippen molar-refractivity contribution in [1.29, 1.82) is 0 Å². The van der Waals surface area contributed by atoms with Gasteiger partial charge in [0.15, 0.2) is 0 Å². The number of hydrogen-bond acceptors (Lipinski definition) is 3. The number of allylic oxidation sites excluding steroid dienone is 1. The molecule has 4 heteroatoms. The molecule has 19 heavy (non-hydrogen) atoms. The number of nitrogens with zero attached hydrogens (tertiary/aromatic N) is 1. The predicted octanol–water partition coefficient (Wildman–Crippen LogP) is 2.33. The molecule has 0 heterocycles. The molecular formula is C15H19FNO2-. The molecule has 0 aromatic heterocycles. The first kappa shape index (κ1) is 15.2. The molecule has 1 rings (SSSR count). The van der Waals surface area contributed by atoms with Gasteiger partial charge >= 0.3 is 0 Å². The largest absolute Gasteiger partial charge is 0.542 e. The molecule has 0 aliphatic rings. The molecule has 0 saturated carbocycles. The molecule has 0 saturated heterocycles. The average molecular weight is 264 g/mol. The first-order valence-electron chi connectivity index (χ1n) is 6.15. The summed E-state index contributed by atoms with van der Waals surface area (Å²) in [6.07, 6.45) is 0. The van der Waals surface area contributed by atoms with E-state index < -0.39 is 11.8 Å². The van der Waals surface area contributed by atoms with Crippen LogP contribution in [0.15, 0.2) is 24.0 Å². The van der Waals surface area contributed by atoms with E-state index in [0.29, 0.717) is 5.56 Å². The molecule has 3 nitrogen and oxygen atoms in total. The van der Waals surface area contributed by atoms with Crippen LogP contribution in [0, 0.1) is 0 Å². The van der Waals surface area contributed by atoms with Crippen LogP contribution in [-0.4, -0.2) is 20.1 Å². The highest BCUT2D eigenvalue weighted by Gasteiger charge is 2.12. The predicted molar refractivity (Wildman–Crippen MR) is 73.6 cm³/mol. The highest BCUT2D eigenvalue weighted by atomic mass is 19.1. The lowest BCUT2D eigenvalue weighted by Gasteiger charge is -2.21. The molecule has 0 spiro atoms. The molecule has 1 aromatic rings. The van der Waals surface area contributed by atoms with Gasteiger partial charge in [0.25, 0.3) is 0 Å². The minimum absolute atomic E-state index is 0.0900. The van der Waals surface area contributed by atoms with Gasteiger partial charge in [-0.15, -0.1) is 0 Å². The number of carbonyl (C=O) groups is 1. The summed E-state index contributed by atoms with van der Waals surface area (Å²) in [6, 6.07) is 5.42. The summed E-state index contributed by atoms with van der Waals surface area (Å²) < 4.78 is 13.4. The Kier molecular flexibility index (Phi) is 4.70. The monoisotopic (exact) mass is 264 g/mol. The maximum absolute atomic E-state index is 13.4. The third kappa shape index (κ3) is 3.34. The summed E-state index contributed by atoms with van der Waals surface area (Å²) in [5.74, 6) is -2.73. The molecule has 0 atom stereocenters. The molecule has 0 fully saturated rings. The van der Waals surface area contributed by atoms with Gasteiger partial charge in [0.2, 0.25) is 0 Å². The number of benzene rings is 1. The lowest BCUT2D eigenvalue weighted by Crippen LogP contribution is -2.23. The molecule has 104 valence electrons. The van der Waals surface area contributed by atoms with E-state index in [1.54, 1.807) is 6.07 Å². The van der Waals surface area contributed by atoms with Crippen molar-refractivity contribution in [1.82, 2.24) is 0 Å². The van der Waals surface area contributed by atoms with Gasteiger partial charge < -0.3 is 14.8 Å². The molecular weight excluding hydrogens is 245 g/mol. The normalized spacial score (nSPS) is 12.4. The summed E-state index contributed by atoms with van der Waals surface area (Å²) in [6.45, 7) is 5.53. The van der Waals surface area contributed by atoms with Gasteiger partial charge in [-0.1, -0.05) is 19.9 Å². The maximum Gasteiger partial charge on any atom is 0.149 e. The van der Waals surface area contributed by atoms with Crippen LogP contribution >= 0.6 is 0 Å². The quantitative estimate of drug-likeness (QED) is 0.784. The van der Waals surface area contributed by atoms with Gasteiger partial charge in [0, 0.05) is 19.8 Å². The number of hydrogen-bond donors (Lipinski definition) is 0. The fourth-order valence-electron chi connectivity index (χ4n) is 1.94. The van der Waals surface area contributed by atoms with Gasteiger partial charge in [-0.05, 0) is 41.7 Å². The summed E-state index contributed by atoms with van der Waals surface area (Å²) in [5, 5.41) is 10.6. The zero-order chi connectivity index (χ0) is 14.7. The highest BCUT2D eigenvalue weighted by molar-refractivity contribution is 5.92. The number of carboxylic acids is 1. The van der Waals surface area contributed by atoms with Crippen molar-refractivity contribution in [3.8, 4) is 0 Å². The Morgan fingerprint density at radius 1 is 1.32 bits per heavy atom. The van der Waals surface area contributed by atoms with Crippen molar-refractivity contribution in [2.45, 2.75) is 26.7 Å². The molecule has 0 aliphatic heterocycles. The fraction of sp³-hybridized carbons (Fsp3) is 0.400. The highest BCUT2D eigenvalue weighted by Crippen LogP contribution is 2.30. The molecule has 0 N–H and O–H groups in total. The van der Waals surface area contributed by atoms with Crippen molar-refractivity contribution in [2.24, 2.45) is 0 Å². The van der Waals surface area contributed by atoms with E-state index in [9.17, 15) is 14.3 Å². The molecule has 0 bridgehead atoms. The van der Waals surface area contributed by atoms with Crippen LogP contribution in [0.2, 0.25) is 0 Å². The van der Waals surface area contributed by atoms with Gasteiger partial charge in [-0.25, -0.2) is 4.39 Å². The Morgan fingerprint density at radius 2 is 1.89 bits per heavy atom. The Balaban J connectivity index is 3.38. The van der Waals surface area contributed by atoms with Gasteiger partial charge in [0.1, 0.15) is 11.8 Å². The van der Waals surface area contributed by atoms with Crippen LogP contribution in [0.4, 0.5) is 10.1 Å². The van der Waals surface area contributed by atoms with E-state index in [4.69, 9.17) is 0 Å². The lowest BCUT2D eigenvalue weighted by atomic mass is 9.95. The molecule has 0 aliphatic carbocycles. The Morgan fingerprint density at radius 3 is 2.32 bits per heavy atom. The number of halogens is 1. The number of rotatable bonds is 4. The average Bonchev–Trinajstić information content (AvgIpc) is 2.35. The van der Waals surface area contributed by atoms with E-state index in [1.165, 1.54) is 6.92 Å². The van der Waals surface area contributed by atoms with Crippen molar-refractivity contribution in [3.05, 3.63) is 35.2 Å². The van der Waals surface area contributed by atoms with Crippen molar-refractivity contribution < 1.29 is 14.3 Å². The second kappa shape index (κ2) is 5.87. The Labute approximate surface area is 113 Å². The van der Waals surface area contributed by atoms with E-state index in [1.807, 2.05) is 45.0 Å². The number of aliphatic carboxylic acids is 1. The molecule has 0 unspecified atom stereocenters. The third-order valence-electron chi connectivity index (χ3n) is 3.07. The van der Waals surface area contributed by atoms with Crippen LogP contribution in [-0.2, 0) is 4.79 Å². The number of anilines is 1. The van der Waals surface area contributed by atoms with Crippen LogP contribution in [0.3, 0.4) is 0 Å². The fourth-order valence-corrected chi connectivity index (χ4v) is 1.94. The second-order valence-corrected chi connectivity index (χ2v) is 5.05. The lowest BCUT2D eigenvalue weighted by molar-refractivity contribution is -0.301. The standard InChI is InChI=1S/C15H20FNO2/c1-9(2)12-8-11(6-7-13(12)17(4)5)10(3)14(16)15(18)19/h6-9H,1-5H3,(H,18,19)/p-1/b14-10+. The topological polar surface area (TPSA) is 43.4 Å². The first-order valence-corrected chi connectivity index (χ1v) is 6.15. The Hall–Kier alpha value is -1.84. The van der Waals surface area contributed by atoms with E-state index in [0.717, 1.165) is 11.3 Å². The second-order valence-electron chi connectivity index (χ2n) is 5.05. The zero-order valence-corrected chi connectivity index (χ0v) is 12.0. The summed E-state index contributed by atoms with van der Waals surface area (Å²) in [5.41, 5.74) is 2.75. The molecule has 0 radical (unpaired) electrons. The van der Waals surface area contributed by atoms with Gasteiger partial charge in [0.05, 0.1) is 0 Å². The molecule has 0 amide bonds. The van der Waals surface area contributed by atoms with Gasteiger partial charge in [-0.3, -0.25) is 0 Å². The Bertz CT molecular complexity index is 519. The van der Waals surface area contributed by atoms with Gasteiger partial charge in [-0.2, -0.15) is 0 Å². The summed E-state index contributed by atoms with van der Waals surface area (Å²) >= 11 is 0. The number of carbonyl (C=O) groups excluding carboxylic acids is 1. The minimum Gasteiger partial charge on any atom is -0.542 e. The van der Waals surface area contributed by atoms with E-state index in [-0.39, 0.29) is 11.5 Å². The third-order valence-corrected chi connectivity index (χ3v) is 3.07. The zero-order valence-electron chi connectivity index (χ0n) is 12.0. The van der Waals surface area contributed by atoms with Crippen molar-refractivity contribution in [2.75, 3.05) is 19.0 Å².